The third kappa shape index (κ3) is 4.71. The lowest BCUT2D eigenvalue weighted by Gasteiger charge is -2.23. The van der Waals surface area contributed by atoms with Crippen LogP contribution in [0.3, 0.4) is 0 Å². The highest BCUT2D eigenvalue weighted by Gasteiger charge is 2.18. The predicted molar refractivity (Wildman–Crippen MR) is 66.7 cm³/mol. The average Bonchev–Trinajstić information content (AvgIpc) is 2.69. The summed E-state index contributed by atoms with van der Waals surface area (Å²) < 4.78 is 0. The molecule has 1 heteroatoms. The van der Waals surface area contributed by atoms with E-state index in [9.17, 15) is 0 Å². The average molecular weight is 207 g/mol. The Morgan fingerprint density at radius 3 is 2.60 bits per heavy atom. The first-order valence-corrected chi connectivity index (χ1v) is 6.45. The monoisotopic (exact) mass is 207 g/mol. The van der Waals surface area contributed by atoms with Crippen molar-refractivity contribution in [3.05, 3.63) is 0 Å². The summed E-state index contributed by atoms with van der Waals surface area (Å²) in [5.41, 5.74) is 0. The summed E-state index contributed by atoms with van der Waals surface area (Å²) >= 11 is 0. The van der Waals surface area contributed by atoms with Crippen molar-refractivity contribution in [1.82, 2.24) is 5.32 Å². The van der Waals surface area contributed by atoms with Crippen molar-refractivity contribution in [3.63, 3.8) is 0 Å². The Kier molecular flexibility index (Phi) is 5.79. The first kappa shape index (κ1) is 12.6. The summed E-state index contributed by atoms with van der Waals surface area (Å²) in [6.45, 7) is 4.51. The van der Waals surface area contributed by atoms with Gasteiger partial charge < -0.3 is 5.32 Å². The summed E-state index contributed by atoms with van der Waals surface area (Å²) in [6, 6.07) is 1.15. The van der Waals surface area contributed by atoms with Crippen LogP contribution >= 0.6 is 0 Å². The Hall–Kier alpha value is -0.480. The van der Waals surface area contributed by atoms with E-state index in [2.05, 4.69) is 25.1 Å². The van der Waals surface area contributed by atoms with Gasteiger partial charge in [0.25, 0.3) is 0 Å². The highest BCUT2D eigenvalue weighted by Crippen LogP contribution is 2.28. The van der Waals surface area contributed by atoms with Crippen molar-refractivity contribution in [2.45, 2.75) is 70.9 Å². The highest BCUT2D eigenvalue weighted by molar-refractivity contribution is 4.90. The van der Waals surface area contributed by atoms with Gasteiger partial charge in [-0.3, -0.25) is 0 Å². The van der Waals surface area contributed by atoms with Crippen molar-refractivity contribution in [2.24, 2.45) is 5.92 Å². The number of rotatable bonds is 6. The van der Waals surface area contributed by atoms with Crippen LogP contribution in [0.25, 0.3) is 0 Å². The van der Waals surface area contributed by atoms with Gasteiger partial charge >= 0.3 is 0 Å². The molecule has 1 aliphatic rings. The molecular formula is C14H25N. The summed E-state index contributed by atoms with van der Waals surface area (Å²) in [5.74, 6) is 3.72. The van der Waals surface area contributed by atoms with Gasteiger partial charge in [-0.1, -0.05) is 32.6 Å². The van der Waals surface area contributed by atoms with Gasteiger partial charge in [0.05, 0.1) is 0 Å². The Balaban J connectivity index is 2.21. The molecule has 86 valence electrons. The molecule has 0 spiro atoms. The number of hydrogen-bond donors (Lipinski definition) is 1. The van der Waals surface area contributed by atoms with Gasteiger partial charge in [-0.2, -0.15) is 0 Å². The maximum atomic E-state index is 5.35. The van der Waals surface area contributed by atoms with Crippen LogP contribution in [-0.4, -0.2) is 12.1 Å². The van der Waals surface area contributed by atoms with Crippen molar-refractivity contribution in [1.29, 1.82) is 0 Å². The molecule has 1 N–H and O–H groups in total. The standard InChI is InChI=1S/C14H25N/c1-4-8-14(5-2)15-12(3)11-13-9-6-7-10-13/h1,12-15H,5-11H2,2-3H3. The van der Waals surface area contributed by atoms with Gasteiger partial charge in [-0.15, -0.1) is 12.3 Å². The van der Waals surface area contributed by atoms with Gasteiger partial charge in [-0.25, -0.2) is 0 Å². The fourth-order valence-corrected chi connectivity index (χ4v) is 2.68. The van der Waals surface area contributed by atoms with E-state index in [1.54, 1.807) is 0 Å². The smallest absolute Gasteiger partial charge is 0.0240 e. The van der Waals surface area contributed by atoms with Crippen LogP contribution in [-0.2, 0) is 0 Å². The Bertz CT molecular complexity index is 198. The van der Waals surface area contributed by atoms with Crippen LogP contribution in [0.15, 0.2) is 0 Å². The molecule has 1 fully saturated rings. The predicted octanol–water partition coefficient (Wildman–Crippen LogP) is 3.35. The lowest BCUT2D eigenvalue weighted by Crippen LogP contribution is -2.36. The Labute approximate surface area is 95.0 Å². The lowest BCUT2D eigenvalue weighted by molar-refractivity contribution is 0.364. The summed E-state index contributed by atoms with van der Waals surface area (Å²) in [4.78, 5) is 0. The molecule has 0 saturated heterocycles. The largest absolute Gasteiger partial charge is 0.311 e. The van der Waals surface area contributed by atoms with E-state index in [1.807, 2.05) is 0 Å². The fourth-order valence-electron chi connectivity index (χ4n) is 2.68. The van der Waals surface area contributed by atoms with E-state index < -0.39 is 0 Å². The van der Waals surface area contributed by atoms with Crippen LogP contribution in [0.1, 0.15) is 58.8 Å². The van der Waals surface area contributed by atoms with E-state index >= 15 is 0 Å². The summed E-state index contributed by atoms with van der Waals surface area (Å²) in [7, 11) is 0. The minimum atomic E-state index is 0.520. The molecule has 0 amide bonds. The molecule has 1 saturated carbocycles. The zero-order valence-electron chi connectivity index (χ0n) is 10.3. The van der Waals surface area contributed by atoms with Crippen LogP contribution in [0.4, 0.5) is 0 Å². The molecule has 0 heterocycles. The first-order chi connectivity index (χ1) is 7.26. The number of hydrogen-bond acceptors (Lipinski definition) is 1. The van der Waals surface area contributed by atoms with E-state index in [4.69, 9.17) is 6.42 Å². The molecule has 0 aromatic heterocycles. The number of nitrogens with one attached hydrogen (secondary N) is 1. The van der Waals surface area contributed by atoms with E-state index in [0.717, 1.165) is 18.8 Å². The maximum absolute atomic E-state index is 5.35. The Morgan fingerprint density at radius 2 is 2.07 bits per heavy atom. The van der Waals surface area contributed by atoms with Crippen LogP contribution < -0.4 is 5.32 Å². The molecule has 0 bridgehead atoms. The molecule has 0 aliphatic heterocycles. The van der Waals surface area contributed by atoms with E-state index in [1.165, 1.54) is 32.1 Å². The van der Waals surface area contributed by atoms with Crippen LogP contribution in [0.5, 0.6) is 0 Å². The zero-order chi connectivity index (χ0) is 11.1. The van der Waals surface area contributed by atoms with Gasteiger partial charge in [0, 0.05) is 18.5 Å². The molecule has 2 unspecified atom stereocenters. The number of terminal acetylenes is 1. The maximum Gasteiger partial charge on any atom is 0.0240 e. The first-order valence-electron chi connectivity index (χ1n) is 6.45. The van der Waals surface area contributed by atoms with Crippen LogP contribution in [0.2, 0.25) is 0 Å². The molecule has 15 heavy (non-hydrogen) atoms. The van der Waals surface area contributed by atoms with Crippen molar-refractivity contribution >= 4 is 0 Å². The molecule has 2 atom stereocenters. The summed E-state index contributed by atoms with van der Waals surface area (Å²) in [6.07, 6.45) is 14.5. The van der Waals surface area contributed by atoms with E-state index in [0.29, 0.717) is 12.1 Å². The molecule has 1 aliphatic carbocycles. The molecular weight excluding hydrogens is 182 g/mol. The SMILES string of the molecule is C#CCC(CC)NC(C)CC1CCCC1. The highest BCUT2D eigenvalue weighted by atomic mass is 14.9. The van der Waals surface area contributed by atoms with Gasteiger partial charge in [0.2, 0.25) is 0 Å². The third-order valence-electron chi connectivity index (χ3n) is 3.54. The van der Waals surface area contributed by atoms with Crippen LogP contribution in [0, 0.1) is 18.3 Å². The molecule has 1 rings (SSSR count). The quantitative estimate of drug-likeness (QED) is 0.659. The lowest BCUT2D eigenvalue weighted by atomic mass is 9.98. The van der Waals surface area contributed by atoms with Gasteiger partial charge in [0.15, 0.2) is 0 Å². The van der Waals surface area contributed by atoms with Crippen molar-refractivity contribution in [2.75, 3.05) is 0 Å². The van der Waals surface area contributed by atoms with Gasteiger partial charge in [0.1, 0.15) is 0 Å². The van der Waals surface area contributed by atoms with Gasteiger partial charge in [-0.05, 0) is 25.7 Å². The molecule has 0 aromatic rings. The van der Waals surface area contributed by atoms with E-state index in [-0.39, 0.29) is 0 Å². The normalized spacial score (nSPS) is 21.1. The molecule has 0 radical (unpaired) electrons. The van der Waals surface area contributed by atoms with Crippen molar-refractivity contribution < 1.29 is 0 Å². The fraction of sp³-hybridized carbons (Fsp3) is 0.857. The van der Waals surface area contributed by atoms with Crippen molar-refractivity contribution in [3.8, 4) is 12.3 Å². The second-order valence-electron chi connectivity index (χ2n) is 4.97. The Morgan fingerprint density at radius 1 is 1.40 bits per heavy atom. The zero-order valence-corrected chi connectivity index (χ0v) is 10.3. The minimum absolute atomic E-state index is 0.520. The topological polar surface area (TPSA) is 12.0 Å². The second kappa shape index (κ2) is 6.90. The third-order valence-corrected chi connectivity index (χ3v) is 3.54. The minimum Gasteiger partial charge on any atom is -0.311 e. The molecule has 0 aromatic carbocycles. The summed E-state index contributed by atoms with van der Waals surface area (Å²) in [5, 5.41) is 3.65. The second-order valence-corrected chi connectivity index (χ2v) is 4.97. The molecule has 1 nitrogen and oxygen atoms in total.